The Morgan fingerprint density at radius 3 is 2.74 bits per heavy atom. The van der Waals surface area contributed by atoms with E-state index in [4.69, 9.17) is 9.47 Å². The molecule has 2 aromatic carbocycles. The van der Waals surface area contributed by atoms with Gasteiger partial charge in [0.25, 0.3) is 5.91 Å². The standard InChI is InChI=1S/C26H22N4O5/c31-23(15-30-24(32)26(29-25(30)33)11-10-16-4-1-2-5-18(16)26)28-22-7-3-6-19(27-22)17-8-9-20-21(14-17)35-13-12-34-20/h1-9,14H,10-13,15H2,(H,29,33)(H,27,28,31). The summed E-state index contributed by atoms with van der Waals surface area (Å²) in [5, 5.41) is 5.53. The van der Waals surface area contributed by atoms with Gasteiger partial charge in [-0.15, -0.1) is 0 Å². The molecule has 1 atom stereocenters. The van der Waals surface area contributed by atoms with Crippen molar-refractivity contribution in [1.82, 2.24) is 15.2 Å². The number of nitrogens with zero attached hydrogens (tertiary/aromatic N) is 2. The highest BCUT2D eigenvalue weighted by Gasteiger charge is 2.55. The van der Waals surface area contributed by atoms with Gasteiger partial charge >= 0.3 is 6.03 Å². The molecule has 3 heterocycles. The van der Waals surface area contributed by atoms with Gasteiger partial charge in [-0.1, -0.05) is 30.3 Å². The number of anilines is 1. The van der Waals surface area contributed by atoms with E-state index in [0.29, 0.717) is 49.1 Å². The molecule has 0 bridgehead atoms. The first-order valence-corrected chi connectivity index (χ1v) is 11.4. The second-order valence-corrected chi connectivity index (χ2v) is 8.70. The molecule has 9 nitrogen and oxygen atoms in total. The van der Waals surface area contributed by atoms with Gasteiger partial charge in [-0.25, -0.2) is 9.78 Å². The Balaban J connectivity index is 1.17. The molecule has 2 N–H and O–H groups in total. The fourth-order valence-electron chi connectivity index (χ4n) is 4.93. The SMILES string of the molecule is O=C(CN1C(=O)NC2(CCc3ccccc32)C1=O)Nc1cccc(-c2ccc3c(c2)OCCO3)n1. The first-order valence-electron chi connectivity index (χ1n) is 11.4. The molecule has 6 rings (SSSR count). The van der Waals surface area contributed by atoms with Gasteiger partial charge in [0.1, 0.15) is 31.1 Å². The van der Waals surface area contributed by atoms with Crippen LogP contribution in [0.3, 0.4) is 0 Å². The minimum Gasteiger partial charge on any atom is -0.486 e. The van der Waals surface area contributed by atoms with Crippen LogP contribution in [-0.2, 0) is 21.5 Å². The lowest BCUT2D eigenvalue weighted by atomic mass is 9.92. The predicted molar refractivity (Wildman–Crippen MR) is 126 cm³/mol. The van der Waals surface area contributed by atoms with Crippen molar-refractivity contribution in [2.45, 2.75) is 18.4 Å². The topological polar surface area (TPSA) is 110 Å². The number of pyridine rings is 1. The van der Waals surface area contributed by atoms with Crippen molar-refractivity contribution >= 4 is 23.7 Å². The Morgan fingerprint density at radius 1 is 1.03 bits per heavy atom. The molecule has 1 unspecified atom stereocenters. The average molecular weight is 470 g/mol. The van der Waals surface area contributed by atoms with Crippen molar-refractivity contribution in [1.29, 1.82) is 0 Å². The number of fused-ring (bicyclic) bond motifs is 3. The van der Waals surface area contributed by atoms with Crippen molar-refractivity contribution in [3.63, 3.8) is 0 Å². The highest BCUT2D eigenvalue weighted by molar-refractivity contribution is 6.10. The molecule has 1 saturated heterocycles. The average Bonchev–Trinajstić information content (AvgIpc) is 3.36. The first kappa shape index (κ1) is 21.2. The molecule has 35 heavy (non-hydrogen) atoms. The smallest absolute Gasteiger partial charge is 0.325 e. The van der Waals surface area contributed by atoms with Gasteiger partial charge in [-0.2, -0.15) is 0 Å². The molecule has 1 aromatic heterocycles. The van der Waals surface area contributed by atoms with E-state index in [1.165, 1.54) is 0 Å². The zero-order valence-electron chi connectivity index (χ0n) is 18.7. The maximum Gasteiger partial charge on any atom is 0.325 e. The van der Waals surface area contributed by atoms with Crippen molar-refractivity contribution < 1.29 is 23.9 Å². The maximum atomic E-state index is 13.3. The molecule has 176 valence electrons. The fraction of sp³-hybridized carbons (Fsp3) is 0.231. The number of ether oxygens (including phenoxy) is 2. The zero-order valence-corrected chi connectivity index (χ0v) is 18.7. The monoisotopic (exact) mass is 470 g/mol. The van der Waals surface area contributed by atoms with Crippen LogP contribution < -0.4 is 20.1 Å². The number of nitrogens with one attached hydrogen (secondary N) is 2. The first-order chi connectivity index (χ1) is 17.0. The van der Waals surface area contributed by atoms with E-state index >= 15 is 0 Å². The number of carbonyl (C=O) groups excluding carboxylic acids is 3. The highest BCUT2D eigenvalue weighted by Crippen LogP contribution is 2.41. The van der Waals surface area contributed by atoms with Gasteiger partial charge in [-0.05, 0) is 54.3 Å². The van der Waals surface area contributed by atoms with Crippen LogP contribution >= 0.6 is 0 Å². The van der Waals surface area contributed by atoms with Gasteiger partial charge < -0.3 is 20.1 Å². The van der Waals surface area contributed by atoms with Gasteiger partial charge in [0.2, 0.25) is 5.91 Å². The van der Waals surface area contributed by atoms with E-state index < -0.39 is 29.9 Å². The van der Waals surface area contributed by atoms with Gasteiger partial charge in [0, 0.05) is 5.56 Å². The van der Waals surface area contributed by atoms with E-state index in [-0.39, 0.29) is 0 Å². The molecule has 0 radical (unpaired) electrons. The van der Waals surface area contributed by atoms with E-state index in [1.807, 2.05) is 48.5 Å². The number of benzene rings is 2. The van der Waals surface area contributed by atoms with E-state index in [0.717, 1.165) is 21.6 Å². The molecule has 0 saturated carbocycles. The quantitative estimate of drug-likeness (QED) is 0.568. The minimum absolute atomic E-state index is 0.315. The summed E-state index contributed by atoms with van der Waals surface area (Å²) >= 11 is 0. The summed E-state index contributed by atoms with van der Waals surface area (Å²) in [5.41, 5.74) is 2.19. The second kappa shape index (κ2) is 8.12. The molecule has 1 aliphatic carbocycles. The number of aromatic nitrogens is 1. The number of hydrogen-bond acceptors (Lipinski definition) is 6. The van der Waals surface area contributed by atoms with E-state index in [9.17, 15) is 14.4 Å². The molecule has 3 aromatic rings. The fourth-order valence-corrected chi connectivity index (χ4v) is 4.93. The maximum absolute atomic E-state index is 13.3. The van der Waals surface area contributed by atoms with Crippen LogP contribution in [-0.4, -0.2) is 47.5 Å². The zero-order chi connectivity index (χ0) is 24.0. The number of hydrogen-bond donors (Lipinski definition) is 2. The van der Waals surface area contributed by atoms with E-state index in [1.54, 1.807) is 12.1 Å². The number of urea groups is 1. The summed E-state index contributed by atoms with van der Waals surface area (Å²) in [4.78, 5) is 44.2. The molecule has 9 heteroatoms. The molecule has 2 aliphatic heterocycles. The van der Waals surface area contributed by atoms with Crippen LogP contribution in [0.15, 0.2) is 60.7 Å². The van der Waals surface area contributed by atoms with Crippen molar-refractivity contribution in [2.75, 3.05) is 25.1 Å². The Bertz CT molecular complexity index is 1370. The lowest BCUT2D eigenvalue weighted by Crippen LogP contribution is -2.43. The van der Waals surface area contributed by atoms with Crippen LogP contribution in [0.2, 0.25) is 0 Å². The lowest BCUT2D eigenvalue weighted by molar-refractivity contribution is -0.134. The summed E-state index contributed by atoms with van der Waals surface area (Å²) in [6.07, 6.45) is 1.17. The molecule has 1 spiro atoms. The van der Waals surface area contributed by atoms with Gasteiger partial charge in [0.05, 0.1) is 5.69 Å². The van der Waals surface area contributed by atoms with Crippen LogP contribution in [0.4, 0.5) is 10.6 Å². The molecule has 1 fully saturated rings. The number of aryl methyl sites for hydroxylation is 1. The highest BCUT2D eigenvalue weighted by atomic mass is 16.6. The number of imide groups is 1. The third kappa shape index (κ3) is 3.56. The number of rotatable bonds is 4. The molecule has 4 amide bonds. The van der Waals surface area contributed by atoms with Gasteiger partial charge in [0.15, 0.2) is 11.5 Å². The Morgan fingerprint density at radius 2 is 1.86 bits per heavy atom. The largest absolute Gasteiger partial charge is 0.486 e. The summed E-state index contributed by atoms with van der Waals surface area (Å²) < 4.78 is 11.2. The lowest BCUT2D eigenvalue weighted by Gasteiger charge is -2.22. The molecule has 3 aliphatic rings. The van der Waals surface area contributed by atoms with Crippen LogP contribution in [0.1, 0.15) is 17.5 Å². The Hall–Kier alpha value is -4.40. The van der Waals surface area contributed by atoms with Crippen molar-refractivity contribution in [3.8, 4) is 22.8 Å². The Labute approximate surface area is 201 Å². The minimum atomic E-state index is -1.09. The second-order valence-electron chi connectivity index (χ2n) is 8.70. The summed E-state index contributed by atoms with van der Waals surface area (Å²) in [6.45, 7) is 0.595. The van der Waals surface area contributed by atoms with Crippen molar-refractivity contribution in [3.05, 3.63) is 71.8 Å². The Kier molecular flexibility index (Phi) is 4.91. The summed E-state index contributed by atoms with van der Waals surface area (Å²) in [6, 6.07) is 17.8. The normalized spacial score (nSPS) is 20.1. The summed E-state index contributed by atoms with van der Waals surface area (Å²) in [7, 11) is 0. The van der Waals surface area contributed by atoms with Crippen molar-refractivity contribution in [2.24, 2.45) is 0 Å². The van der Waals surface area contributed by atoms with Crippen LogP contribution in [0.5, 0.6) is 11.5 Å². The molecular formula is C26H22N4O5. The molecular weight excluding hydrogens is 448 g/mol. The van der Waals surface area contributed by atoms with Gasteiger partial charge in [-0.3, -0.25) is 14.5 Å². The predicted octanol–water partition coefficient (Wildman–Crippen LogP) is 2.85. The van der Waals surface area contributed by atoms with E-state index in [2.05, 4.69) is 15.6 Å². The number of amides is 4. The third-order valence-electron chi connectivity index (χ3n) is 6.58. The third-order valence-corrected chi connectivity index (χ3v) is 6.58. The summed E-state index contributed by atoms with van der Waals surface area (Å²) in [5.74, 6) is 0.728. The number of carbonyl (C=O) groups is 3. The van der Waals surface area contributed by atoms with Crippen LogP contribution in [0.25, 0.3) is 11.3 Å². The van der Waals surface area contributed by atoms with Crippen LogP contribution in [0, 0.1) is 0 Å².